The van der Waals surface area contributed by atoms with Crippen molar-refractivity contribution in [2.45, 2.75) is 69.2 Å². The van der Waals surface area contributed by atoms with Crippen molar-refractivity contribution >= 4 is 5.70 Å². The second-order valence-electron chi connectivity index (χ2n) is 13.9. The van der Waals surface area contributed by atoms with Gasteiger partial charge in [-0.3, -0.25) is 0 Å². The lowest BCUT2D eigenvalue weighted by atomic mass is 9.84. The van der Waals surface area contributed by atoms with Crippen LogP contribution in [0, 0.1) is 10.8 Å². The Morgan fingerprint density at radius 2 is 1.33 bits per heavy atom. The van der Waals surface area contributed by atoms with Crippen molar-refractivity contribution in [2.75, 3.05) is 13.1 Å². The molecular weight excluding hydrogens is 590 g/mol. The van der Waals surface area contributed by atoms with Crippen molar-refractivity contribution in [1.29, 1.82) is 0 Å². The van der Waals surface area contributed by atoms with Crippen molar-refractivity contribution in [3.8, 4) is 22.5 Å². The monoisotopic (exact) mass is 635 g/mol. The molecule has 1 aliphatic heterocycles. The fraction of sp³-hybridized carbons (Fsp3) is 0.333. The van der Waals surface area contributed by atoms with Gasteiger partial charge in [0, 0.05) is 53.9 Å². The van der Waals surface area contributed by atoms with Gasteiger partial charge in [0.25, 0.3) is 0 Å². The molecule has 244 valence electrons. The summed E-state index contributed by atoms with van der Waals surface area (Å²) in [6.07, 6.45) is 13.8. The van der Waals surface area contributed by atoms with Crippen LogP contribution in [0.15, 0.2) is 121 Å². The summed E-state index contributed by atoms with van der Waals surface area (Å²) in [4.78, 5) is 22.7. The normalized spacial score (nSPS) is 17.3. The zero-order valence-electron chi connectivity index (χ0n) is 27.8. The van der Waals surface area contributed by atoms with Gasteiger partial charge in [0.2, 0.25) is 0 Å². The largest absolute Gasteiger partial charge is 0.376 e. The Morgan fingerprint density at radius 1 is 0.750 bits per heavy atom. The molecule has 0 amide bonds. The molecule has 4 aromatic rings. The minimum absolute atomic E-state index is 0.0738. The van der Waals surface area contributed by atoms with E-state index in [0.29, 0.717) is 30.5 Å². The van der Waals surface area contributed by atoms with Gasteiger partial charge >= 0.3 is 0 Å². The average Bonchev–Trinajstić information content (AvgIpc) is 3.97. The molecule has 1 saturated heterocycles. The first-order valence-corrected chi connectivity index (χ1v) is 17.5. The highest BCUT2D eigenvalue weighted by molar-refractivity contribution is 5.65. The van der Waals surface area contributed by atoms with Crippen molar-refractivity contribution in [3.05, 3.63) is 143 Å². The predicted molar refractivity (Wildman–Crippen MR) is 196 cm³/mol. The Labute approximate surface area is 284 Å². The lowest BCUT2D eigenvalue weighted by Gasteiger charge is -2.44. The molecule has 7 rings (SSSR count). The third-order valence-corrected chi connectivity index (χ3v) is 10.6. The van der Waals surface area contributed by atoms with Gasteiger partial charge in [0.1, 0.15) is 0 Å². The van der Waals surface area contributed by atoms with E-state index in [1.54, 1.807) is 0 Å². The van der Waals surface area contributed by atoms with Crippen molar-refractivity contribution in [1.82, 2.24) is 20.2 Å². The standard InChI is InChI=1S/C42H45N5O/c1-28(32-13-15-35(16-14-32)36-17-18-36)45-41(30(3)47-26-40(27-47)29(2)46-48)23-31-9-11-38(12-10-31)42-43-24-39(25-44-42)37-21-19-34(20-22-37)33-7-5-4-6-8-33/h9-16,19-22,24-25,33,36,40-41,45H,1-8,17-18,23,26-27H2. The molecule has 3 aromatic carbocycles. The number of nitroso groups, excluding NO2 is 1. The van der Waals surface area contributed by atoms with E-state index in [1.807, 2.05) is 12.4 Å². The van der Waals surface area contributed by atoms with Gasteiger partial charge in [-0.05, 0) is 76.9 Å². The minimum atomic E-state index is -0.0788. The van der Waals surface area contributed by atoms with Crippen LogP contribution in [0.2, 0.25) is 0 Å². The van der Waals surface area contributed by atoms with Crippen LogP contribution in [0.25, 0.3) is 28.2 Å². The van der Waals surface area contributed by atoms with Gasteiger partial charge in [-0.25, -0.2) is 9.97 Å². The Morgan fingerprint density at radius 3 is 1.94 bits per heavy atom. The number of aromatic nitrogens is 2. The molecule has 0 radical (unpaired) electrons. The van der Waals surface area contributed by atoms with Crippen LogP contribution in [-0.4, -0.2) is 34.0 Å². The van der Waals surface area contributed by atoms with E-state index in [0.717, 1.165) is 46.0 Å². The predicted octanol–water partition coefficient (Wildman–Crippen LogP) is 9.63. The van der Waals surface area contributed by atoms with Crippen molar-refractivity contribution in [2.24, 2.45) is 11.1 Å². The van der Waals surface area contributed by atoms with Crippen LogP contribution in [0.3, 0.4) is 0 Å². The molecule has 48 heavy (non-hydrogen) atoms. The molecule has 2 aliphatic carbocycles. The van der Waals surface area contributed by atoms with Crippen LogP contribution < -0.4 is 5.32 Å². The molecule has 1 N–H and O–H groups in total. The number of likely N-dealkylation sites (tertiary alicyclic amines) is 1. The van der Waals surface area contributed by atoms with E-state index in [1.165, 1.54) is 61.6 Å². The first-order valence-electron chi connectivity index (χ1n) is 17.5. The molecule has 3 fully saturated rings. The molecule has 1 unspecified atom stereocenters. The summed E-state index contributed by atoms with van der Waals surface area (Å²) in [5.41, 5.74) is 10.5. The Kier molecular flexibility index (Phi) is 9.33. The first-order chi connectivity index (χ1) is 23.4. The first kappa shape index (κ1) is 31.7. The summed E-state index contributed by atoms with van der Waals surface area (Å²) in [6.45, 7) is 14.1. The Hall–Kier alpha value is -4.84. The molecule has 6 heteroatoms. The van der Waals surface area contributed by atoms with Crippen molar-refractivity contribution < 1.29 is 0 Å². The SMILES string of the molecule is C=C(NC(Cc1ccc(-c2ncc(-c3ccc(C4CCCCC4)cc3)cn2)cc1)C(=C)N1CC(C(=C)N=O)C1)c1ccc(C2CC2)cc1. The van der Waals surface area contributed by atoms with Gasteiger partial charge in [0.05, 0.1) is 11.7 Å². The zero-order valence-corrected chi connectivity index (χ0v) is 27.8. The lowest BCUT2D eigenvalue weighted by Crippen LogP contribution is -2.50. The summed E-state index contributed by atoms with van der Waals surface area (Å²) in [5, 5.41) is 6.74. The van der Waals surface area contributed by atoms with E-state index in [-0.39, 0.29) is 12.0 Å². The molecule has 3 aliphatic rings. The van der Waals surface area contributed by atoms with Crippen LogP contribution >= 0.6 is 0 Å². The van der Waals surface area contributed by atoms with Gasteiger partial charge in [-0.15, -0.1) is 4.91 Å². The number of rotatable bonds is 13. The molecule has 0 bridgehead atoms. The van der Waals surface area contributed by atoms with Gasteiger partial charge in [-0.1, -0.05) is 112 Å². The molecule has 1 aromatic heterocycles. The number of nitrogens with zero attached hydrogens (tertiary/aromatic N) is 4. The highest BCUT2D eigenvalue weighted by atomic mass is 16.3. The van der Waals surface area contributed by atoms with Crippen LogP contribution in [0.1, 0.15) is 79.0 Å². The molecule has 1 atom stereocenters. The molecular formula is C42H45N5O. The van der Waals surface area contributed by atoms with E-state index < -0.39 is 0 Å². The Balaban J connectivity index is 1.02. The summed E-state index contributed by atoms with van der Waals surface area (Å²) >= 11 is 0. The Bertz CT molecular complexity index is 1760. The van der Waals surface area contributed by atoms with Gasteiger partial charge in [-0.2, -0.15) is 0 Å². The van der Waals surface area contributed by atoms with Crippen molar-refractivity contribution in [3.63, 3.8) is 0 Å². The highest BCUT2D eigenvalue weighted by Crippen LogP contribution is 2.40. The smallest absolute Gasteiger partial charge is 0.159 e. The molecule has 0 spiro atoms. The maximum Gasteiger partial charge on any atom is 0.159 e. The minimum Gasteiger partial charge on any atom is -0.376 e. The summed E-state index contributed by atoms with van der Waals surface area (Å²) in [5.74, 6) is 2.21. The number of benzene rings is 3. The summed E-state index contributed by atoms with van der Waals surface area (Å²) in [7, 11) is 0. The van der Waals surface area contributed by atoms with E-state index >= 15 is 0 Å². The number of hydrogen-bond donors (Lipinski definition) is 1. The third-order valence-electron chi connectivity index (χ3n) is 10.6. The molecule has 6 nitrogen and oxygen atoms in total. The van der Waals surface area contributed by atoms with E-state index in [2.05, 4.69) is 108 Å². The fourth-order valence-electron chi connectivity index (χ4n) is 7.17. The topological polar surface area (TPSA) is 70.5 Å². The quantitative estimate of drug-likeness (QED) is 0.148. The third kappa shape index (κ3) is 7.18. The van der Waals surface area contributed by atoms with Crippen LogP contribution in [0.4, 0.5) is 0 Å². The van der Waals surface area contributed by atoms with Gasteiger partial charge in [0.15, 0.2) is 5.82 Å². The van der Waals surface area contributed by atoms with E-state index in [4.69, 9.17) is 9.97 Å². The molecule has 2 heterocycles. The summed E-state index contributed by atoms with van der Waals surface area (Å²) < 4.78 is 0. The lowest BCUT2D eigenvalue weighted by molar-refractivity contribution is 0.157. The second-order valence-corrected chi connectivity index (χ2v) is 13.9. The van der Waals surface area contributed by atoms with Crippen LogP contribution in [-0.2, 0) is 6.42 Å². The maximum absolute atomic E-state index is 11.0. The highest BCUT2D eigenvalue weighted by Gasteiger charge is 2.33. The van der Waals surface area contributed by atoms with E-state index in [9.17, 15) is 4.91 Å². The number of nitrogens with one attached hydrogen (secondary N) is 1. The maximum atomic E-state index is 11.0. The number of hydrogen-bond acceptors (Lipinski definition) is 6. The van der Waals surface area contributed by atoms with Crippen LogP contribution in [0.5, 0.6) is 0 Å². The summed E-state index contributed by atoms with van der Waals surface area (Å²) in [6, 6.07) is 26.2. The second kappa shape index (κ2) is 14.1. The fourth-order valence-corrected chi connectivity index (χ4v) is 7.17. The molecule has 2 saturated carbocycles. The van der Waals surface area contributed by atoms with Gasteiger partial charge < -0.3 is 10.2 Å². The zero-order chi connectivity index (χ0) is 33.0. The average molecular weight is 636 g/mol.